The summed E-state index contributed by atoms with van der Waals surface area (Å²) in [5.74, 6) is 0.909. The number of hydrogen-bond acceptors (Lipinski definition) is 5. The van der Waals surface area contributed by atoms with Crippen molar-refractivity contribution in [2.24, 2.45) is 0 Å². The van der Waals surface area contributed by atoms with Crippen LogP contribution in [0.3, 0.4) is 0 Å². The predicted molar refractivity (Wildman–Crippen MR) is 92.4 cm³/mol. The Kier molecular flexibility index (Phi) is 4.01. The molecule has 2 aromatic heterocycles. The summed E-state index contributed by atoms with van der Waals surface area (Å²) in [5, 5.41) is 9.71. The molecule has 3 aromatic rings. The van der Waals surface area contributed by atoms with E-state index >= 15 is 0 Å². The summed E-state index contributed by atoms with van der Waals surface area (Å²) < 4.78 is 20.7. The van der Waals surface area contributed by atoms with E-state index in [1.165, 1.54) is 19.2 Å². The summed E-state index contributed by atoms with van der Waals surface area (Å²) in [7, 11) is 1.52. The Morgan fingerprint density at radius 1 is 1.24 bits per heavy atom. The fraction of sp³-hybridized carbons (Fsp3) is 0.333. The number of imidazole rings is 1. The quantitative estimate of drug-likeness (QED) is 0.792. The van der Waals surface area contributed by atoms with Crippen LogP contribution in [-0.2, 0) is 0 Å². The van der Waals surface area contributed by atoms with E-state index in [2.05, 4.69) is 14.9 Å². The molecule has 0 spiro atoms. The van der Waals surface area contributed by atoms with Crippen LogP contribution in [0.4, 0.5) is 10.2 Å². The number of halogens is 1. The summed E-state index contributed by atoms with van der Waals surface area (Å²) in [4.78, 5) is 11.2. The van der Waals surface area contributed by atoms with Crippen LogP contribution in [0.15, 0.2) is 36.8 Å². The Morgan fingerprint density at radius 3 is 2.80 bits per heavy atom. The maximum absolute atomic E-state index is 13.5. The molecule has 0 aliphatic carbocycles. The minimum Gasteiger partial charge on any atom is -0.496 e. The van der Waals surface area contributed by atoms with E-state index in [1.807, 2.05) is 10.6 Å². The summed E-state index contributed by atoms with van der Waals surface area (Å²) in [6, 6.07) is 4.46. The van der Waals surface area contributed by atoms with Gasteiger partial charge in [0.1, 0.15) is 11.6 Å². The summed E-state index contributed by atoms with van der Waals surface area (Å²) in [5.41, 5.74) is 2.32. The van der Waals surface area contributed by atoms with Crippen molar-refractivity contribution < 1.29 is 14.2 Å². The van der Waals surface area contributed by atoms with Gasteiger partial charge in [-0.2, -0.15) is 0 Å². The molecule has 1 fully saturated rings. The van der Waals surface area contributed by atoms with Gasteiger partial charge in [-0.25, -0.2) is 14.4 Å². The smallest absolute Gasteiger partial charge is 0.180 e. The molecule has 1 aliphatic heterocycles. The maximum Gasteiger partial charge on any atom is 0.180 e. The van der Waals surface area contributed by atoms with E-state index < -0.39 is 0 Å². The van der Waals surface area contributed by atoms with Crippen molar-refractivity contribution in [2.45, 2.75) is 18.9 Å². The predicted octanol–water partition coefficient (Wildman–Crippen LogP) is 2.51. The van der Waals surface area contributed by atoms with Crippen molar-refractivity contribution in [1.82, 2.24) is 14.4 Å². The number of aliphatic hydroxyl groups is 1. The Hall–Kier alpha value is -2.67. The number of aromatic nitrogens is 3. The first kappa shape index (κ1) is 15.8. The molecule has 1 aliphatic rings. The number of hydrogen-bond donors (Lipinski definition) is 1. The summed E-state index contributed by atoms with van der Waals surface area (Å²) in [6.45, 7) is 1.49. The molecule has 0 unspecified atom stereocenters. The van der Waals surface area contributed by atoms with Gasteiger partial charge in [-0.1, -0.05) is 0 Å². The van der Waals surface area contributed by atoms with Gasteiger partial charge in [0.15, 0.2) is 11.5 Å². The first-order valence-electron chi connectivity index (χ1n) is 8.26. The lowest BCUT2D eigenvalue weighted by Crippen LogP contribution is -2.36. The molecule has 0 radical (unpaired) electrons. The minimum absolute atomic E-state index is 0.241. The molecule has 6 nitrogen and oxygen atoms in total. The summed E-state index contributed by atoms with van der Waals surface area (Å²) in [6.07, 6.45) is 6.52. The molecule has 25 heavy (non-hydrogen) atoms. The second-order valence-corrected chi connectivity index (χ2v) is 6.15. The monoisotopic (exact) mass is 342 g/mol. The van der Waals surface area contributed by atoms with E-state index in [1.54, 1.807) is 18.5 Å². The van der Waals surface area contributed by atoms with E-state index in [-0.39, 0.29) is 11.9 Å². The lowest BCUT2D eigenvalue weighted by atomic mass is 10.1. The van der Waals surface area contributed by atoms with Gasteiger partial charge in [-0.15, -0.1) is 0 Å². The number of methoxy groups -OCH3 is 1. The third kappa shape index (κ3) is 2.80. The van der Waals surface area contributed by atoms with Gasteiger partial charge in [0.05, 0.1) is 25.1 Å². The van der Waals surface area contributed by atoms with Gasteiger partial charge in [-0.3, -0.25) is 4.40 Å². The number of fused-ring (bicyclic) bond motifs is 1. The van der Waals surface area contributed by atoms with Gasteiger partial charge < -0.3 is 14.7 Å². The first-order valence-corrected chi connectivity index (χ1v) is 8.26. The molecule has 130 valence electrons. The van der Waals surface area contributed by atoms with Crippen molar-refractivity contribution in [3.8, 4) is 17.0 Å². The Labute approximate surface area is 144 Å². The van der Waals surface area contributed by atoms with Crippen molar-refractivity contribution in [3.63, 3.8) is 0 Å². The number of aliphatic hydroxyl groups excluding tert-OH is 1. The minimum atomic E-state index is -0.344. The van der Waals surface area contributed by atoms with Gasteiger partial charge in [-0.05, 0) is 25.0 Å². The second kappa shape index (κ2) is 6.33. The number of piperidine rings is 1. The summed E-state index contributed by atoms with van der Waals surface area (Å²) >= 11 is 0. The van der Waals surface area contributed by atoms with Crippen LogP contribution >= 0.6 is 0 Å². The molecule has 0 bridgehead atoms. The molecular formula is C18H19FN4O2. The Balaban J connectivity index is 1.80. The second-order valence-electron chi connectivity index (χ2n) is 6.15. The average molecular weight is 342 g/mol. The number of anilines is 1. The molecule has 1 saturated heterocycles. The Bertz CT molecular complexity index is 903. The lowest BCUT2D eigenvalue weighted by molar-refractivity contribution is 0.145. The molecule has 4 rings (SSSR count). The highest BCUT2D eigenvalue weighted by Gasteiger charge is 2.22. The largest absolute Gasteiger partial charge is 0.496 e. The molecule has 3 heterocycles. The zero-order valence-corrected chi connectivity index (χ0v) is 13.9. The SMILES string of the molecule is COc1cc(F)ccc1-c1cnc2c(N3CCC(O)CC3)nccn12. The molecule has 7 heteroatoms. The van der Waals surface area contributed by atoms with Crippen molar-refractivity contribution in [2.75, 3.05) is 25.1 Å². The average Bonchev–Trinajstić information content (AvgIpc) is 3.06. The number of benzene rings is 1. The molecule has 0 saturated carbocycles. The highest BCUT2D eigenvalue weighted by molar-refractivity contribution is 5.74. The highest BCUT2D eigenvalue weighted by atomic mass is 19.1. The zero-order valence-electron chi connectivity index (χ0n) is 13.9. The molecule has 1 N–H and O–H groups in total. The van der Waals surface area contributed by atoms with Crippen LogP contribution in [0.2, 0.25) is 0 Å². The first-order chi connectivity index (χ1) is 12.2. The van der Waals surface area contributed by atoms with E-state index in [0.29, 0.717) is 5.75 Å². The van der Waals surface area contributed by atoms with Crippen molar-refractivity contribution in [3.05, 3.63) is 42.6 Å². The van der Waals surface area contributed by atoms with E-state index in [4.69, 9.17) is 4.74 Å². The van der Waals surface area contributed by atoms with E-state index in [9.17, 15) is 9.50 Å². The third-order valence-electron chi connectivity index (χ3n) is 4.61. The Morgan fingerprint density at radius 2 is 2.04 bits per heavy atom. The van der Waals surface area contributed by atoms with Crippen LogP contribution in [-0.4, -0.2) is 45.8 Å². The lowest BCUT2D eigenvalue weighted by Gasteiger charge is -2.30. The van der Waals surface area contributed by atoms with Crippen LogP contribution in [0.1, 0.15) is 12.8 Å². The van der Waals surface area contributed by atoms with Crippen LogP contribution in [0.5, 0.6) is 5.75 Å². The van der Waals surface area contributed by atoms with Gasteiger partial charge in [0, 0.05) is 37.1 Å². The number of nitrogens with zero attached hydrogens (tertiary/aromatic N) is 4. The third-order valence-corrected chi connectivity index (χ3v) is 4.61. The standard InChI is InChI=1S/C18H19FN4O2/c1-25-16-10-12(19)2-3-14(16)15-11-21-18-17(20-6-9-23(15)18)22-7-4-13(24)5-8-22/h2-3,6,9-11,13,24H,4-5,7-8H2,1H3. The molecule has 0 atom stereocenters. The molecule has 0 amide bonds. The van der Waals surface area contributed by atoms with Gasteiger partial charge in [0.25, 0.3) is 0 Å². The van der Waals surface area contributed by atoms with Gasteiger partial charge in [0.2, 0.25) is 0 Å². The van der Waals surface area contributed by atoms with Crippen LogP contribution in [0.25, 0.3) is 16.9 Å². The zero-order chi connectivity index (χ0) is 17.4. The fourth-order valence-corrected chi connectivity index (χ4v) is 3.28. The van der Waals surface area contributed by atoms with Crippen molar-refractivity contribution >= 4 is 11.5 Å². The van der Waals surface area contributed by atoms with Crippen LogP contribution < -0.4 is 9.64 Å². The van der Waals surface area contributed by atoms with Crippen molar-refractivity contribution in [1.29, 1.82) is 0 Å². The fourth-order valence-electron chi connectivity index (χ4n) is 3.28. The maximum atomic E-state index is 13.5. The highest BCUT2D eigenvalue weighted by Crippen LogP contribution is 2.32. The van der Waals surface area contributed by atoms with Crippen LogP contribution in [0, 0.1) is 5.82 Å². The normalized spacial score (nSPS) is 15.7. The topological polar surface area (TPSA) is 62.9 Å². The number of rotatable bonds is 3. The van der Waals surface area contributed by atoms with E-state index in [0.717, 1.165) is 48.7 Å². The molecule has 1 aromatic carbocycles. The van der Waals surface area contributed by atoms with Gasteiger partial charge >= 0.3 is 0 Å². The molecular weight excluding hydrogens is 323 g/mol. The number of ether oxygens (including phenoxy) is 1.